The first-order valence-corrected chi connectivity index (χ1v) is 4.76. The quantitative estimate of drug-likeness (QED) is 0.783. The molecule has 0 aliphatic heterocycles. The Bertz CT molecular complexity index is 439. The first-order chi connectivity index (χ1) is 7.56. The maximum atomic E-state index is 13.5. The number of hydrogen-bond acceptors (Lipinski definition) is 3. The van der Waals surface area contributed by atoms with Crippen LogP contribution in [-0.4, -0.2) is 11.9 Å². The maximum absolute atomic E-state index is 13.5. The van der Waals surface area contributed by atoms with Crippen molar-refractivity contribution in [2.24, 2.45) is 5.73 Å². The highest BCUT2D eigenvalue weighted by Gasteiger charge is 2.11. The summed E-state index contributed by atoms with van der Waals surface area (Å²) >= 11 is 0. The largest absolute Gasteiger partial charge is 0.368 e. The highest BCUT2D eigenvalue weighted by atomic mass is 19.1. The van der Waals surface area contributed by atoms with Gasteiger partial charge in [0.1, 0.15) is 11.9 Å². The van der Waals surface area contributed by atoms with Crippen molar-refractivity contribution in [1.29, 1.82) is 5.26 Å². The Morgan fingerprint density at radius 3 is 2.94 bits per heavy atom. The molecule has 0 aromatic heterocycles. The fraction of sp³-hybridized carbons (Fsp3) is 0.273. The summed E-state index contributed by atoms with van der Waals surface area (Å²) in [5.74, 6) is -1.06. The zero-order valence-electron chi connectivity index (χ0n) is 8.83. The second kappa shape index (κ2) is 5.24. The maximum Gasteiger partial charge on any atom is 0.234 e. The Kier molecular flexibility index (Phi) is 3.97. The number of nitrogens with zero attached hydrogens (tertiary/aromatic N) is 1. The van der Waals surface area contributed by atoms with Gasteiger partial charge in [0.15, 0.2) is 0 Å². The van der Waals surface area contributed by atoms with Gasteiger partial charge in [-0.15, -0.1) is 0 Å². The lowest BCUT2D eigenvalue weighted by Crippen LogP contribution is -2.38. The SMILES string of the molecule is CC(NCc1cccc(C#N)c1F)C(N)=O. The van der Waals surface area contributed by atoms with Gasteiger partial charge in [-0.05, 0) is 13.0 Å². The van der Waals surface area contributed by atoms with Gasteiger partial charge < -0.3 is 11.1 Å². The molecule has 0 saturated heterocycles. The minimum absolute atomic E-state index is 0.00831. The summed E-state index contributed by atoms with van der Waals surface area (Å²) in [5, 5.41) is 11.4. The summed E-state index contributed by atoms with van der Waals surface area (Å²) in [6.45, 7) is 1.75. The molecule has 3 N–H and O–H groups in total. The molecule has 5 heteroatoms. The Morgan fingerprint density at radius 1 is 1.69 bits per heavy atom. The van der Waals surface area contributed by atoms with E-state index in [1.54, 1.807) is 25.1 Å². The van der Waals surface area contributed by atoms with E-state index >= 15 is 0 Å². The summed E-state index contributed by atoms with van der Waals surface area (Å²) < 4.78 is 13.5. The highest BCUT2D eigenvalue weighted by Crippen LogP contribution is 2.11. The van der Waals surface area contributed by atoms with Gasteiger partial charge in [0.05, 0.1) is 11.6 Å². The van der Waals surface area contributed by atoms with Crippen molar-refractivity contribution in [1.82, 2.24) is 5.32 Å². The van der Waals surface area contributed by atoms with E-state index in [2.05, 4.69) is 5.32 Å². The molecule has 0 saturated carbocycles. The second-order valence-corrected chi connectivity index (χ2v) is 3.40. The van der Waals surface area contributed by atoms with Crippen molar-refractivity contribution < 1.29 is 9.18 Å². The van der Waals surface area contributed by atoms with Crippen LogP contribution in [-0.2, 0) is 11.3 Å². The Morgan fingerprint density at radius 2 is 2.38 bits per heavy atom. The Balaban J connectivity index is 2.76. The van der Waals surface area contributed by atoms with Crippen LogP contribution in [0.4, 0.5) is 4.39 Å². The van der Waals surface area contributed by atoms with Crippen LogP contribution in [0.25, 0.3) is 0 Å². The molecule has 0 heterocycles. The van der Waals surface area contributed by atoms with E-state index in [0.29, 0.717) is 5.56 Å². The van der Waals surface area contributed by atoms with E-state index in [1.165, 1.54) is 6.07 Å². The fourth-order valence-corrected chi connectivity index (χ4v) is 1.17. The van der Waals surface area contributed by atoms with Gasteiger partial charge in [-0.25, -0.2) is 4.39 Å². The van der Waals surface area contributed by atoms with Crippen LogP contribution in [0.15, 0.2) is 18.2 Å². The number of carbonyl (C=O) groups is 1. The predicted octanol–water partition coefficient (Wildman–Crippen LogP) is 0.661. The van der Waals surface area contributed by atoms with Crippen LogP contribution in [0.2, 0.25) is 0 Å². The summed E-state index contributed by atoms with van der Waals surface area (Å²) in [4.78, 5) is 10.7. The monoisotopic (exact) mass is 221 g/mol. The molecule has 1 rings (SSSR count). The lowest BCUT2D eigenvalue weighted by Gasteiger charge is -2.10. The van der Waals surface area contributed by atoms with Crippen LogP contribution in [0, 0.1) is 17.1 Å². The number of nitrogens with two attached hydrogens (primary N) is 1. The van der Waals surface area contributed by atoms with Gasteiger partial charge in [-0.2, -0.15) is 5.26 Å². The minimum Gasteiger partial charge on any atom is -0.368 e. The Hall–Kier alpha value is -1.93. The number of halogens is 1. The van der Waals surface area contributed by atoms with Gasteiger partial charge in [0.25, 0.3) is 0 Å². The van der Waals surface area contributed by atoms with E-state index in [0.717, 1.165) is 0 Å². The summed E-state index contributed by atoms with van der Waals surface area (Å²) in [7, 11) is 0. The van der Waals surface area contributed by atoms with Crippen LogP contribution in [0.3, 0.4) is 0 Å². The van der Waals surface area contributed by atoms with Gasteiger partial charge in [0, 0.05) is 12.1 Å². The second-order valence-electron chi connectivity index (χ2n) is 3.40. The molecule has 0 bridgehead atoms. The zero-order valence-corrected chi connectivity index (χ0v) is 8.83. The molecular weight excluding hydrogens is 209 g/mol. The number of amides is 1. The van der Waals surface area contributed by atoms with E-state index in [9.17, 15) is 9.18 Å². The fourth-order valence-electron chi connectivity index (χ4n) is 1.17. The van der Waals surface area contributed by atoms with Crippen molar-refractivity contribution in [2.45, 2.75) is 19.5 Å². The van der Waals surface area contributed by atoms with Crippen molar-refractivity contribution >= 4 is 5.91 Å². The topological polar surface area (TPSA) is 78.9 Å². The Labute approximate surface area is 92.9 Å². The highest BCUT2D eigenvalue weighted by molar-refractivity contribution is 5.79. The van der Waals surface area contributed by atoms with Crippen LogP contribution >= 0.6 is 0 Å². The third kappa shape index (κ3) is 2.78. The zero-order chi connectivity index (χ0) is 12.1. The van der Waals surface area contributed by atoms with Crippen molar-refractivity contribution in [2.75, 3.05) is 0 Å². The van der Waals surface area contributed by atoms with Gasteiger partial charge in [0.2, 0.25) is 5.91 Å². The molecule has 16 heavy (non-hydrogen) atoms. The average molecular weight is 221 g/mol. The molecule has 1 aromatic carbocycles. The molecule has 1 amide bonds. The number of hydrogen-bond donors (Lipinski definition) is 2. The molecule has 0 aliphatic carbocycles. The van der Waals surface area contributed by atoms with E-state index < -0.39 is 17.8 Å². The molecule has 0 aliphatic rings. The number of nitrogens with one attached hydrogen (secondary N) is 1. The summed E-state index contributed by atoms with van der Waals surface area (Å²) in [6, 6.07) is 5.76. The van der Waals surface area contributed by atoms with Gasteiger partial charge in [-0.3, -0.25) is 4.79 Å². The first kappa shape index (κ1) is 12.1. The normalized spacial score (nSPS) is 11.8. The molecule has 1 atom stereocenters. The number of carbonyl (C=O) groups excluding carboxylic acids is 1. The lowest BCUT2D eigenvalue weighted by molar-refractivity contribution is -0.119. The summed E-state index contributed by atoms with van der Waals surface area (Å²) in [5.41, 5.74) is 5.38. The number of rotatable bonds is 4. The van der Waals surface area contributed by atoms with Gasteiger partial charge >= 0.3 is 0 Å². The molecule has 1 aromatic rings. The lowest BCUT2D eigenvalue weighted by atomic mass is 10.1. The van der Waals surface area contributed by atoms with Crippen molar-refractivity contribution in [3.63, 3.8) is 0 Å². The third-order valence-electron chi connectivity index (χ3n) is 2.22. The number of primary amides is 1. The average Bonchev–Trinajstić information content (AvgIpc) is 2.27. The molecule has 1 unspecified atom stereocenters. The molecule has 0 fully saturated rings. The van der Waals surface area contributed by atoms with E-state index in [4.69, 9.17) is 11.0 Å². The molecule has 4 nitrogen and oxygen atoms in total. The van der Waals surface area contributed by atoms with Crippen LogP contribution < -0.4 is 11.1 Å². The molecule has 84 valence electrons. The summed E-state index contributed by atoms with van der Waals surface area (Å²) in [6.07, 6.45) is 0. The van der Waals surface area contributed by atoms with Crippen molar-refractivity contribution in [3.05, 3.63) is 35.1 Å². The van der Waals surface area contributed by atoms with E-state index in [-0.39, 0.29) is 12.1 Å². The number of benzene rings is 1. The van der Waals surface area contributed by atoms with Crippen molar-refractivity contribution in [3.8, 4) is 6.07 Å². The predicted molar refractivity (Wildman–Crippen MR) is 56.6 cm³/mol. The molecule has 0 spiro atoms. The third-order valence-corrected chi connectivity index (χ3v) is 2.22. The molecular formula is C11H12FN3O. The number of nitriles is 1. The molecule has 0 radical (unpaired) electrons. The minimum atomic E-state index is -0.561. The van der Waals surface area contributed by atoms with Crippen LogP contribution in [0.5, 0.6) is 0 Å². The smallest absolute Gasteiger partial charge is 0.234 e. The first-order valence-electron chi connectivity index (χ1n) is 4.76. The standard InChI is InChI=1S/C11H12FN3O/c1-7(11(14)16)15-6-9-4-2-3-8(5-13)10(9)12/h2-4,7,15H,6H2,1H3,(H2,14,16). The van der Waals surface area contributed by atoms with Crippen LogP contribution in [0.1, 0.15) is 18.1 Å². The van der Waals surface area contributed by atoms with Gasteiger partial charge in [-0.1, -0.05) is 12.1 Å². The van der Waals surface area contributed by atoms with E-state index in [1.807, 2.05) is 0 Å².